The summed E-state index contributed by atoms with van der Waals surface area (Å²) in [5.74, 6) is -0.554. The Morgan fingerprint density at radius 3 is 2.83 bits per heavy atom. The minimum Gasteiger partial charge on any atom is -0.408 e. The van der Waals surface area contributed by atoms with Gasteiger partial charge in [-0.1, -0.05) is 31.5 Å². The van der Waals surface area contributed by atoms with Gasteiger partial charge in [-0.3, -0.25) is 9.36 Å². The highest BCUT2D eigenvalue weighted by Gasteiger charge is 2.18. The molecule has 1 aromatic carbocycles. The molecule has 0 N–H and O–H groups in total. The Hall–Kier alpha value is -2.34. The number of carbonyl (C=O) groups excluding carboxylic acids is 1. The first-order valence-corrected chi connectivity index (χ1v) is 8.95. The van der Waals surface area contributed by atoms with E-state index in [4.69, 9.17) is 4.42 Å². The second-order valence-corrected chi connectivity index (χ2v) is 6.70. The van der Waals surface area contributed by atoms with Crippen LogP contribution in [0.25, 0.3) is 11.1 Å². The van der Waals surface area contributed by atoms with Gasteiger partial charge in [-0.2, -0.15) is 0 Å². The third kappa shape index (κ3) is 3.59. The Balaban J connectivity index is 1.81. The minimum absolute atomic E-state index is 0.00490. The lowest BCUT2D eigenvalue weighted by Crippen LogP contribution is -2.35. The number of benzene rings is 1. The summed E-state index contributed by atoms with van der Waals surface area (Å²) in [7, 11) is 0. The SMILES string of the molecule is CCCCN(Cc1cccs1)C(=O)Cn1c(=O)oc2ccccc21. The van der Waals surface area contributed by atoms with Gasteiger partial charge in [0.25, 0.3) is 0 Å². The molecule has 3 rings (SSSR count). The number of amides is 1. The Morgan fingerprint density at radius 1 is 1.25 bits per heavy atom. The molecule has 0 saturated carbocycles. The van der Waals surface area contributed by atoms with Gasteiger partial charge >= 0.3 is 5.76 Å². The third-order valence-corrected chi connectivity index (χ3v) is 4.79. The molecular weight excluding hydrogens is 324 g/mol. The average molecular weight is 344 g/mol. The van der Waals surface area contributed by atoms with E-state index in [0.717, 1.165) is 17.7 Å². The predicted octanol–water partition coefficient (Wildman–Crippen LogP) is 3.48. The smallest absolute Gasteiger partial charge is 0.408 e. The van der Waals surface area contributed by atoms with Crippen LogP contribution in [0.1, 0.15) is 24.6 Å². The van der Waals surface area contributed by atoms with Gasteiger partial charge in [0.1, 0.15) is 6.54 Å². The van der Waals surface area contributed by atoms with Crippen molar-refractivity contribution in [2.45, 2.75) is 32.9 Å². The number of hydrogen-bond donors (Lipinski definition) is 0. The third-order valence-electron chi connectivity index (χ3n) is 3.93. The van der Waals surface area contributed by atoms with Gasteiger partial charge in [-0.25, -0.2) is 4.79 Å². The van der Waals surface area contributed by atoms with Crippen molar-refractivity contribution in [2.24, 2.45) is 0 Å². The lowest BCUT2D eigenvalue weighted by atomic mass is 10.3. The van der Waals surface area contributed by atoms with Crippen molar-refractivity contribution in [3.8, 4) is 0 Å². The number of nitrogens with zero attached hydrogens (tertiary/aromatic N) is 2. The van der Waals surface area contributed by atoms with Crippen LogP contribution >= 0.6 is 11.3 Å². The molecule has 0 unspecified atom stereocenters. The molecule has 0 aliphatic heterocycles. The number of para-hydroxylation sites is 2. The monoisotopic (exact) mass is 344 g/mol. The van der Waals surface area contributed by atoms with Crippen LogP contribution in [0.5, 0.6) is 0 Å². The highest BCUT2D eigenvalue weighted by atomic mass is 32.1. The summed E-state index contributed by atoms with van der Waals surface area (Å²) in [6.45, 7) is 3.38. The second kappa shape index (κ2) is 7.49. The molecule has 0 saturated heterocycles. The fourth-order valence-electron chi connectivity index (χ4n) is 2.63. The van der Waals surface area contributed by atoms with E-state index in [1.807, 2.05) is 34.5 Å². The molecule has 2 aromatic heterocycles. The number of rotatable bonds is 7. The first-order valence-electron chi connectivity index (χ1n) is 8.07. The van der Waals surface area contributed by atoms with Crippen molar-refractivity contribution in [3.05, 3.63) is 57.2 Å². The van der Waals surface area contributed by atoms with Crippen LogP contribution in [0.2, 0.25) is 0 Å². The predicted molar refractivity (Wildman–Crippen MR) is 95.1 cm³/mol. The highest BCUT2D eigenvalue weighted by Crippen LogP contribution is 2.15. The van der Waals surface area contributed by atoms with E-state index >= 15 is 0 Å². The maximum Gasteiger partial charge on any atom is 0.420 e. The molecule has 0 spiro atoms. The standard InChI is InChI=1S/C18H20N2O3S/c1-2-3-10-19(12-14-7-6-11-24-14)17(21)13-20-15-8-4-5-9-16(15)23-18(20)22/h4-9,11H,2-3,10,12-13H2,1H3. The lowest BCUT2D eigenvalue weighted by molar-refractivity contribution is -0.132. The summed E-state index contributed by atoms with van der Waals surface area (Å²) in [6.07, 6.45) is 1.96. The molecule has 0 fully saturated rings. The van der Waals surface area contributed by atoms with E-state index in [-0.39, 0.29) is 12.5 Å². The first-order chi connectivity index (χ1) is 11.7. The zero-order valence-electron chi connectivity index (χ0n) is 13.6. The van der Waals surface area contributed by atoms with Crippen LogP contribution in [0.3, 0.4) is 0 Å². The topological polar surface area (TPSA) is 55.5 Å². The summed E-state index contributed by atoms with van der Waals surface area (Å²) in [6, 6.07) is 11.2. The van der Waals surface area contributed by atoms with Crippen molar-refractivity contribution in [1.82, 2.24) is 9.47 Å². The zero-order valence-corrected chi connectivity index (χ0v) is 14.4. The minimum atomic E-state index is -0.490. The van der Waals surface area contributed by atoms with Gasteiger partial charge in [0, 0.05) is 11.4 Å². The summed E-state index contributed by atoms with van der Waals surface area (Å²) >= 11 is 1.63. The molecule has 0 aliphatic carbocycles. The van der Waals surface area contributed by atoms with Crippen LogP contribution in [0.4, 0.5) is 0 Å². The summed E-state index contributed by atoms with van der Waals surface area (Å²) in [5, 5.41) is 2.01. The number of aromatic nitrogens is 1. The summed E-state index contributed by atoms with van der Waals surface area (Å²) in [5.41, 5.74) is 1.16. The molecule has 0 atom stereocenters. The Kier molecular flexibility index (Phi) is 5.15. The van der Waals surface area contributed by atoms with Crippen LogP contribution in [0, 0.1) is 0 Å². The lowest BCUT2D eigenvalue weighted by Gasteiger charge is -2.22. The molecule has 3 aromatic rings. The normalized spacial score (nSPS) is 11.0. The molecule has 0 radical (unpaired) electrons. The van der Waals surface area contributed by atoms with Gasteiger partial charge < -0.3 is 9.32 Å². The van der Waals surface area contributed by atoms with E-state index in [2.05, 4.69) is 6.92 Å². The fourth-order valence-corrected chi connectivity index (χ4v) is 3.35. The van der Waals surface area contributed by atoms with Crippen molar-refractivity contribution in [1.29, 1.82) is 0 Å². The van der Waals surface area contributed by atoms with E-state index in [9.17, 15) is 9.59 Å². The number of oxazole rings is 1. The molecule has 2 heterocycles. The van der Waals surface area contributed by atoms with E-state index in [1.54, 1.807) is 23.5 Å². The number of fused-ring (bicyclic) bond motifs is 1. The van der Waals surface area contributed by atoms with E-state index in [0.29, 0.717) is 24.2 Å². The molecule has 0 aliphatic rings. The Bertz CT molecular complexity index is 864. The fraction of sp³-hybridized carbons (Fsp3) is 0.333. The summed E-state index contributed by atoms with van der Waals surface area (Å²) < 4.78 is 6.61. The van der Waals surface area contributed by atoms with Crippen molar-refractivity contribution < 1.29 is 9.21 Å². The Labute approximate surface area is 144 Å². The highest BCUT2D eigenvalue weighted by molar-refractivity contribution is 7.09. The van der Waals surface area contributed by atoms with Crippen LogP contribution in [0.15, 0.2) is 51.0 Å². The van der Waals surface area contributed by atoms with Gasteiger partial charge in [-0.15, -0.1) is 11.3 Å². The number of thiophene rings is 1. The van der Waals surface area contributed by atoms with Crippen LogP contribution in [-0.4, -0.2) is 21.9 Å². The molecule has 5 nitrogen and oxygen atoms in total. The maximum absolute atomic E-state index is 12.8. The summed E-state index contributed by atoms with van der Waals surface area (Å²) in [4.78, 5) is 27.8. The van der Waals surface area contributed by atoms with E-state index < -0.39 is 5.76 Å². The quantitative estimate of drug-likeness (QED) is 0.659. The van der Waals surface area contributed by atoms with Gasteiger partial charge in [-0.05, 0) is 30.0 Å². The molecule has 6 heteroatoms. The molecular formula is C18H20N2O3S. The van der Waals surface area contributed by atoms with Crippen LogP contribution < -0.4 is 5.76 Å². The average Bonchev–Trinajstić information content (AvgIpc) is 3.20. The van der Waals surface area contributed by atoms with Gasteiger partial charge in [0.05, 0.1) is 12.1 Å². The van der Waals surface area contributed by atoms with Crippen molar-refractivity contribution >= 4 is 28.3 Å². The molecule has 0 bridgehead atoms. The second-order valence-electron chi connectivity index (χ2n) is 5.67. The maximum atomic E-state index is 12.8. The number of unbranched alkanes of at least 4 members (excludes halogenated alkanes) is 1. The Morgan fingerprint density at radius 2 is 2.08 bits per heavy atom. The molecule has 1 amide bonds. The van der Waals surface area contributed by atoms with E-state index in [1.165, 1.54) is 4.57 Å². The van der Waals surface area contributed by atoms with Crippen molar-refractivity contribution in [3.63, 3.8) is 0 Å². The number of hydrogen-bond acceptors (Lipinski definition) is 4. The number of carbonyl (C=O) groups is 1. The van der Waals surface area contributed by atoms with Gasteiger partial charge in [0.2, 0.25) is 5.91 Å². The molecule has 126 valence electrons. The zero-order chi connectivity index (χ0) is 16.9. The largest absolute Gasteiger partial charge is 0.420 e. The van der Waals surface area contributed by atoms with Gasteiger partial charge in [0.15, 0.2) is 5.58 Å². The van der Waals surface area contributed by atoms with Crippen LogP contribution in [-0.2, 0) is 17.9 Å². The van der Waals surface area contributed by atoms with Crippen molar-refractivity contribution in [2.75, 3.05) is 6.54 Å². The first kappa shape index (κ1) is 16.5. The molecule has 24 heavy (non-hydrogen) atoms.